The molecule has 15 nitrogen and oxygen atoms in total. The van der Waals surface area contributed by atoms with Gasteiger partial charge in [-0.2, -0.15) is 0 Å². The average molecular weight is 1550 g/mol. The Bertz CT molecular complexity index is 5320. The van der Waals surface area contributed by atoms with E-state index in [0.29, 0.717) is 0 Å². The van der Waals surface area contributed by atoms with Crippen molar-refractivity contribution < 1.29 is 4.39 Å². The quantitative estimate of drug-likeness (QED) is 0.0985. The van der Waals surface area contributed by atoms with Gasteiger partial charge in [-0.25, -0.2) is 4.39 Å². The fraction of sp³-hybridized carbons (Fsp3) is 0.350. The predicted molar refractivity (Wildman–Crippen MR) is 473 cm³/mol. The van der Waals surface area contributed by atoms with Crippen molar-refractivity contribution in [3.8, 4) is 0 Å². The number of pyridine rings is 3. The molecule has 14 heterocycles. The number of hydrogen-bond acceptors (Lipinski definition) is 10. The maximum absolute atomic E-state index is 13.7. The Morgan fingerprint density at radius 3 is 1.03 bits per heavy atom. The van der Waals surface area contributed by atoms with E-state index >= 15 is 0 Å². The van der Waals surface area contributed by atoms with Gasteiger partial charge in [-0.05, 0) is 225 Å². The molecule has 596 valence electrons. The molecule has 0 spiro atoms. The van der Waals surface area contributed by atoms with Crippen molar-refractivity contribution in [2.24, 2.45) is 0 Å². The minimum Gasteiger partial charge on any atom is -0.344 e. The first kappa shape index (κ1) is 79.1. The lowest BCUT2D eigenvalue weighted by molar-refractivity contribution is 0.309. The van der Waals surface area contributed by atoms with Crippen LogP contribution in [0.4, 0.5) is 4.39 Å². The molecule has 0 amide bonds. The van der Waals surface area contributed by atoms with Gasteiger partial charge in [-0.1, -0.05) is 95.1 Å². The number of aromatic nitrogens is 10. The van der Waals surface area contributed by atoms with E-state index in [1.807, 2.05) is 56.1 Å². The summed E-state index contributed by atoms with van der Waals surface area (Å²) in [7, 11) is 11.0. The van der Waals surface area contributed by atoms with Crippen LogP contribution in [-0.2, 0) is 130 Å². The fourth-order valence-electron chi connectivity index (χ4n) is 18.6. The highest BCUT2D eigenvalue weighted by atomic mass is 19.1. The van der Waals surface area contributed by atoms with Crippen LogP contribution in [0.15, 0.2) is 207 Å². The van der Waals surface area contributed by atoms with E-state index < -0.39 is 0 Å². The van der Waals surface area contributed by atoms with Crippen LogP contribution >= 0.6 is 0 Å². The number of aryl methyl sites for hydroxylation is 15. The van der Waals surface area contributed by atoms with E-state index in [2.05, 4.69) is 269 Å². The van der Waals surface area contributed by atoms with Crippen molar-refractivity contribution >= 4 is 54.5 Å². The molecule has 15 aromatic rings. The smallest absolute Gasteiger partial charge is 0.123 e. The van der Waals surface area contributed by atoms with Crippen molar-refractivity contribution in [1.29, 1.82) is 0 Å². The standard InChI is InChI=1S/C21H25N3.C20H21FN2.2C20H23N3.C19H22N4/c1-15-4-7-20-18(12-15)19-14-23(3)10-9-21(19)24(20)11-8-17-6-5-16(2)22-13-17;1-22-11-10-20-18(14-22)17-13-16(21)7-8-19(17)23(20)12-9-15-5-3-2-4-6-15;1-15-5-6-19-17(12-15)18-14-22(2)10-8-20(18)23(19)11-7-16-4-3-9-21-13-16;1-15-6-7-19-17(13-15)18-14-22(2)11-9-20(18)23(19)12-8-16-5-3-4-10-21-16;1-14-3-4-18-16(11-14)17-13-22(2)9-6-19(17)23(18)10-5-15-12-20-7-8-21-15/h4-7,12-13H,8-11,14H2,1-3H3;2-8,13H,9-12,14H2,1H3;3-6,9,12-13H,7-8,10-11,14H2,1-2H3;3-7,10,13H,8-9,11-12,14H2,1-2H3;3-4,7-8,11-12H,5-6,9-10,13H2,1-2H3. The van der Waals surface area contributed by atoms with E-state index in [-0.39, 0.29) is 5.82 Å². The van der Waals surface area contributed by atoms with Gasteiger partial charge in [0.2, 0.25) is 0 Å². The number of rotatable bonds is 15. The summed E-state index contributed by atoms with van der Waals surface area (Å²) in [5, 5.41) is 6.83. The molecule has 0 radical (unpaired) electrons. The molecule has 5 aliphatic rings. The van der Waals surface area contributed by atoms with Gasteiger partial charge < -0.3 is 47.3 Å². The molecule has 0 fully saturated rings. The predicted octanol–water partition coefficient (Wildman–Crippen LogP) is 18.0. The van der Waals surface area contributed by atoms with E-state index in [1.165, 1.54) is 150 Å². The minimum atomic E-state index is -0.145. The lowest BCUT2D eigenvalue weighted by Crippen LogP contribution is -2.27. The first-order valence-corrected chi connectivity index (χ1v) is 42.1. The number of nitrogens with zero attached hydrogens (tertiary/aromatic N) is 15. The average Bonchev–Trinajstić information content (AvgIpc) is 1.64. The number of fused-ring (bicyclic) bond motifs is 15. The molecule has 9 aromatic heterocycles. The van der Waals surface area contributed by atoms with Crippen LogP contribution < -0.4 is 0 Å². The second kappa shape index (κ2) is 35.8. The van der Waals surface area contributed by atoms with Gasteiger partial charge in [0.1, 0.15) is 5.82 Å². The summed E-state index contributed by atoms with van der Waals surface area (Å²) >= 11 is 0. The summed E-state index contributed by atoms with van der Waals surface area (Å²) < 4.78 is 26.3. The molecule has 0 saturated carbocycles. The molecule has 116 heavy (non-hydrogen) atoms. The van der Waals surface area contributed by atoms with E-state index in [1.54, 1.807) is 24.5 Å². The van der Waals surface area contributed by atoms with Crippen molar-refractivity contribution in [3.63, 3.8) is 0 Å². The zero-order valence-corrected chi connectivity index (χ0v) is 69.9. The summed E-state index contributed by atoms with van der Waals surface area (Å²) in [6.07, 6.45) is 23.7. The van der Waals surface area contributed by atoms with Gasteiger partial charge >= 0.3 is 0 Å². The zero-order valence-electron chi connectivity index (χ0n) is 69.9. The number of halogens is 1. The van der Waals surface area contributed by atoms with Gasteiger partial charge in [-0.15, -0.1) is 0 Å². The number of benzene rings is 6. The van der Waals surface area contributed by atoms with Gasteiger partial charge in [-0.3, -0.25) is 24.9 Å². The second-order valence-electron chi connectivity index (χ2n) is 33.5. The Hall–Kier alpha value is -10.7. The van der Waals surface area contributed by atoms with E-state index in [9.17, 15) is 4.39 Å². The van der Waals surface area contributed by atoms with Crippen LogP contribution in [0.3, 0.4) is 0 Å². The fourth-order valence-corrected chi connectivity index (χ4v) is 18.6. The highest BCUT2D eigenvalue weighted by molar-refractivity contribution is 5.90. The molecule has 6 aromatic carbocycles. The molecule has 16 heteroatoms. The Morgan fingerprint density at radius 2 is 0.655 bits per heavy atom. The van der Waals surface area contributed by atoms with E-state index in [0.717, 1.165) is 179 Å². The number of hydrogen-bond donors (Lipinski definition) is 0. The summed E-state index contributed by atoms with van der Waals surface area (Å²) in [4.78, 5) is 33.7. The van der Waals surface area contributed by atoms with Crippen LogP contribution in [0.25, 0.3) is 54.5 Å². The van der Waals surface area contributed by atoms with E-state index in [4.69, 9.17) is 0 Å². The zero-order chi connectivity index (χ0) is 79.9. The normalized spacial score (nSPS) is 15.0. The molecule has 20 rings (SSSR count). The molecule has 0 bridgehead atoms. The lowest BCUT2D eigenvalue weighted by Gasteiger charge is -2.24. The molecule has 0 aliphatic carbocycles. The molecular formula is C100H114FN15. The van der Waals surface area contributed by atoms with Crippen LogP contribution in [0.5, 0.6) is 0 Å². The molecule has 0 N–H and O–H groups in total. The first-order valence-electron chi connectivity index (χ1n) is 42.1. The van der Waals surface area contributed by atoms with Crippen LogP contribution in [0.1, 0.15) is 112 Å². The molecule has 0 atom stereocenters. The highest BCUT2D eigenvalue weighted by Gasteiger charge is 2.28. The third kappa shape index (κ3) is 17.8. The summed E-state index contributed by atoms with van der Waals surface area (Å²) in [6, 6.07) is 58.0. The maximum atomic E-state index is 13.7. The summed E-state index contributed by atoms with van der Waals surface area (Å²) in [5.74, 6) is -0.145. The maximum Gasteiger partial charge on any atom is 0.123 e. The third-order valence-electron chi connectivity index (χ3n) is 24.7. The first-order chi connectivity index (χ1) is 56.5. The van der Waals surface area contributed by atoms with Crippen molar-refractivity contribution in [2.45, 2.75) is 164 Å². The van der Waals surface area contributed by atoms with Crippen molar-refractivity contribution in [3.05, 3.63) is 325 Å². The highest BCUT2D eigenvalue weighted by Crippen LogP contribution is 2.38. The summed E-state index contributed by atoms with van der Waals surface area (Å²) in [5.41, 5.74) is 34.2. The van der Waals surface area contributed by atoms with Gasteiger partial charge in [0.15, 0.2) is 0 Å². The molecule has 0 unspecified atom stereocenters. The number of likely N-dealkylation sites (N-methyl/N-ethyl adjacent to an activating group) is 5. The molecule has 0 saturated heterocycles. The van der Waals surface area contributed by atoms with Crippen molar-refractivity contribution in [2.75, 3.05) is 68.0 Å². The van der Waals surface area contributed by atoms with Crippen LogP contribution in [0.2, 0.25) is 0 Å². The Labute approximate surface area is 684 Å². The summed E-state index contributed by atoms with van der Waals surface area (Å²) in [6.45, 7) is 26.6. The SMILES string of the molecule is CN1CCc2c(c3cc(F)ccc3n2CCc2ccccc2)C1.Cc1ccc2c(c1)c1c(n2CCc2ccc(C)nc2)CCN(C)C1.Cc1ccc2c(c1)c1c(n2CCc2ccccn2)CCN(C)C1.Cc1ccc2c(c1)c1c(n2CCc2cccnc2)CCN(C)C1.Cc1ccc2c(c1)c1c(n2CCc2cnccn2)CCN(C)C1. The topological polar surface area (TPSA) is 105 Å². The van der Waals surface area contributed by atoms with Crippen molar-refractivity contribution in [1.82, 2.24) is 72.3 Å². The Morgan fingerprint density at radius 1 is 0.293 bits per heavy atom. The minimum absolute atomic E-state index is 0.145. The third-order valence-corrected chi connectivity index (χ3v) is 24.7. The molecular weight excluding hydrogens is 1430 g/mol. The molecule has 5 aliphatic heterocycles. The Balaban J connectivity index is 0.000000109. The lowest BCUT2D eigenvalue weighted by atomic mass is 10.0. The van der Waals surface area contributed by atoms with Crippen LogP contribution in [-0.4, -0.2) is 140 Å². The van der Waals surface area contributed by atoms with Gasteiger partial charge in [0, 0.05) is 281 Å². The van der Waals surface area contributed by atoms with Gasteiger partial charge in [0.05, 0.1) is 5.69 Å². The van der Waals surface area contributed by atoms with Gasteiger partial charge in [0.25, 0.3) is 0 Å². The monoisotopic (exact) mass is 1540 g/mol. The Kier molecular flexibility index (Phi) is 24.4. The largest absolute Gasteiger partial charge is 0.344 e. The second-order valence-corrected chi connectivity index (χ2v) is 33.5. The van der Waals surface area contributed by atoms with Crippen LogP contribution in [0, 0.1) is 40.4 Å².